The maximum atomic E-state index is 12.2. The first kappa shape index (κ1) is 22.1. The van der Waals surface area contributed by atoms with Crippen molar-refractivity contribution >= 4 is 0 Å². The van der Waals surface area contributed by atoms with Gasteiger partial charge in [-0.3, -0.25) is 0 Å². The van der Waals surface area contributed by atoms with Crippen molar-refractivity contribution in [3.05, 3.63) is 42.0 Å². The van der Waals surface area contributed by atoms with Crippen LogP contribution >= 0.6 is 0 Å². The number of allylic oxidation sites excluding steroid dienone is 1. The molecule has 0 bridgehead atoms. The van der Waals surface area contributed by atoms with Gasteiger partial charge in [-0.25, -0.2) is 0 Å². The van der Waals surface area contributed by atoms with Crippen molar-refractivity contribution < 1.29 is 36.9 Å². The summed E-state index contributed by atoms with van der Waals surface area (Å²) in [7, 11) is 0. The van der Waals surface area contributed by atoms with Gasteiger partial charge in [0.15, 0.2) is 19.2 Å². The minimum absolute atomic E-state index is 0.156. The Hall–Kier alpha value is -1.61. The van der Waals surface area contributed by atoms with Crippen molar-refractivity contribution in [2.24, 2.45) is 11.8 Å². The lowest BCUT2D eigenvalue weighted by Crippen LogP contribution is -2.33. The van der Waals surface area contributed by atoms with Gasteiger partial charge in [-0.05, 0) is 31.9 Å². The van der Waals surface area contributed by atoms with Crippen LogP contribution in [0.2, 0.25) is 0 Å². The molecule has 29 heavy (non-hydrogen) atoms. The van der Waals surface area contributed by atoms with Gasteiger partial charge in [-0.2, -0.15) is 13.2 Å². The van der Waals surface area contributed by atoms with Crippen LogP contribution in [0.3, 0.4) is 0 Å². The van der Waals surface area contributed by atoms with Crippen molar-refractivity contribution in [1.82, 2.24) is 0 Å². The second kappa shape index (κ2) is 10.4. The lowest BCUT2D eigenvalue weighted by molar-refractivity contribution is -0.217. The molecular formula is C21H27F3O5. The molecule has 0 radical (unpaired) electrons. The Morgan fingerprint density at radius 1 is 0.966 bits per heavy atom. The zero-order chi connectivity index (χ0) is 20.7. The van der Waals surface area contributed by atoms with Crippen LogP contribution in [0.4, 0.5) is 13.2 Å². The molecule has 162 valence electrons. The minimum atomic E-state index is -4.36. The number of ether oxygens (including phenoxy) is 5. The van der Waals surface area contributed by atoms with E-state index in [1.807, 2.05) is 13.0 Å². The Labute approximate surface area is 168 Å². The fraction of sp³-hybridized carbons (Fsp3) is 0.619. The van der Waals surface area contributed by atoms with E-state index >= 15 is 0 Å². The lowest BCUT2D eigenvalue weighted by Gasteiger charge is -2.32. The molecule has 0 saturated carbocycles. The predicted molar refractivity (Wildman–Crippen MR) is 99.4 cm³/mol. The number of hydrogen-bond acceptors (Lipinski definition) is 5. The number of rotatable bonds is 7. The second-order valence-electron chi connectivity index (χ2n) is 7.30. The number of hydrogen-bond donors (Lipinski definition) is 0. The molecule has 0 spiro atoms. The third-order valence-corrected chi connectivity index (χ3v) is 4.79. The van der Waals surface area contributed by atoms with Crippen LogP contribution in [0.1, 0.15) is 31.6 Å². The Morgan fingerprint density at radius 3 is 2.21 bits per heavy atom. The standard InChI is InChI=1S/C21H27F3O5/c1-2-3-15-10-25-19(26-11-15)9-4-16-12-27-20(28-13-16)17-5-7-18(8-6-17)29-14-21(22,23)24/h2-3,5-8,15-16,19-20H,4,9-14H2,1H3/b3-2-/t15-,16?,19-,20?. The Balaban J connectivity index is 1.36. The summed E-state index contributed by atoms with van der Waals surface area (Å²) >= 11 is 0. The van der Waals surface area contributed by atoms with Crippen molar-refractivity contribution in [2.75, 3.05) is 33.0 Å². The summed E-state index contributed by atoms with van der Waals surface area (Å²) in [6.07, 6.45) is 0.698. The van der Waals surface area contributed by atoms with Crippen molar-refractivity contribution in [3.8, 4) is 5.75 Å². The second-order valence-corrected chi connectivity index (χ2v) is 7.30. The molecule has 0 aromatic heterocycles. The van der Waals surface area contributed by atoms with Gasteiger partial charge in [-0.1, -0.05) is 24.3 Å². The Bertz CT molecular complexity index is 631. The van der Waals surface area contributed by atoms with Crippen LogP contribution in [0.25, 0.3) is 0 Å². The predicted octanol–water partition coefficient (Wildman–Crippen LogP) is 4.63. The third-order valence-electron chi connectivity index (χ3n) is 4.79. The van der Waals surface area contributed by atoms with E-state index in [9.17, 15) is 13.2 Å². The van der Waals surface area contributed by atoms with Gasteiger partial charge < -0.3 is 23.7 Å². The van der Waals surface area contributed by atoms with Gasteiger partial charge in [0.1, 0.15) is 5.75 Å². The van der Waals surface area contributed by atoms with Crippen LogP contribution < -0.4 is 4.74 Å². The summed E-state index contributed by atoms with van der Waals surface area (Å²) in [5.41, 5.74) is 0.747. The largest absolute Gasteiger partial charge is 0.484 e. The molecule has 0 atom stereocenters. The summed E-state index contributed by atoms with van der Waals surface area (Å²) in [5.74, 6) is 0.730. The van der Waals surface area contributed by atoms with Gasteiger partial charge in [0.05, 0.1) is 26.4 Å². The molecule has 1 aromatic rings. The fourth-order valence-electron chi connectivity index (χ4n) is 3.27. The SMILES string of the molecule is C/C=C\[C@H]1CO[C@H](CCC2COC(c3ccc(OCC(F)(F)F)cc3)OC2)OC1. The Kier molecular flexibility index (Phi) is 7.94. The normalized spacial score (nSPS) is 28.6. The average molecular weight is 416 g/mol. The van der Waals surface area contributed by atoms with Gasteiger partial charge in [0, 0.05) is 17.4 Å². The molecule has 2 saturated heterocycles. The van der Waals surface area contributed by atoms with Crippen LogP contribution in [-0.4, -0.2) is 45.5 Å². The topological polar surface area (TPSA) is 46.2 Å². The summed E-state index contributed by atoms with van der Waals surface area (Å²) in [4.78, 5) is 0. The molecule has 0 N–H and O–H groups in total. The first-order valence-electron chi connectivity index (χ1n) is 9.81. The highest BCUT2D eigenvalue weighted by Crippen LogP contribution is 2.29. The van der Waals surface area contributed by atoms with Crippen LogP contribution in [-0.2, 0) is 18.9 Å². The maximum absolute atomic E-state index is 12.2. The molecule has 2 heterocycles. The van der Waals surface area contributed by atoms with Gasteiger partial charge in [-0.15, -0.1) is 0 Å². The van der Waals surface area contributed by atoms with E-state index in [1.54, 1.807) is 12.1 Å². The van der Waals surface area contributed by atoms with E-state index < -0.39 is 19.1 Å². The van der Waals surface area contributed by atoms with E-state index in [2.05, 4.69) is 6.08 Å². The highest BCUT2D eigenvalue weighted by Gasteiger charge is 2.29. The van der Waals surface area contributed by atoms with Crippen LogP contribution in [0.5, 0.6) is 5.75 Å². The summed E-state index contributed by atoms with van der Waals surface area (Å²) in [6.45, 7) is 3.12. The average Bonchev–Trinajstić information content (AvgIpc) is 2.72. The molecule has 0 amide bonds. The smallest absolute Gasteiger partial charge is 0.422 e. The summed E-state index contributed by atoms with van der Waals surface area (Å²) in [5, 5.41) is 0. The molecule has 5 nitrogen and oxygen atoms in total. The molecular weight excluding hydrogens is 389 g/mol. The monoisotopic (exact) mass is 416 g/mol. The van der Waals surface area contributed by atoms with Gasteiger partial charge >= 0.3 is 6.18 Å². The first-order chi connectivity index (χ1) is 13.9. The molecule has 2 aliphatic heterocycles. The van der Waals surface area contributed by atoms with Crippen molar-refractivity contribution in [2.45, 2.75) is 38.5 Å². The van der Waals surface area contributed by atoms with Gasteiger partial charge in [0.2, 0.25) is 0 Å². The highest BCUT2D eigenvalue weighted by atomic mass is 19.4. The summed E-state index contributed by atoms with van der Waals surface area (Å²) in [6, 6.07) is 6.28. The van der Waals surface area contributed by atoms with E-state index in [0.717, 1.165) is 18.4 Å². The highest BCUT2D eigenvalue weighted by molar-refractivity contribution is 5.28. The van der Waals surface area contributed by atoms with Gasteiger partial charge in [0.25, 0.3) is 0 Å². The number of benzene rings is 1. The molecule has 3 rings (SSSR count). The molecule has 8 heteroatoms. The fourth-order valence-corrected chi connectivity index (χ4v) is 3.27. The molecule has 2 fully saturated rings. The van der Waals surface area contributed by atoms with E-state index in [0.29, 0.717) is 32.3 Å². The zero-order valence-corrected chi connectivity index (χ0v) is 16.4. The summed E-state index contributed by atoms with van der Waals surface area (Å²) < 4.78 is 64.3. The molecule has 2 aliphatic rings. The van der Waals surface area contributed by atoms with Crippen LogP contribution in [0, 0.1) is 11.8 Å². The van der Waals surface area contributed by atoms with Crippen molar-refractivity contribution in [1.29, 1.82) is 0 Å². The van der Waals surface area contributed by atoms with Crippen molar-refractivity contribution in [3.63, 3.8) is 0 Å². The first-order valence-corrected chi connectivity index (χ1v) is 9.81. The van der Waals surface area contributed by atoms with Crippen LogP contribution in [0.15, 0.2) is 36.4 Å². The van der Waals surface area contributed by atoms with E-state index in [-0.39, 0.29) is 18.0 Å². The third kappa shape index (κ3) is 7.29. The van der Waals surface area contributed by atoms with E-state index in [4.69, 9.17) is 23.7 Å². The Morgan fingerprint density at radius 2 is 1.62 bits per heavy atom. The number of alkyl halides is 3. The molecule has 0 unspecified atom stereocenters. The lowest BCUT2D eigenvalue weighted by atomic mass is 10.0. The van der Waals surface area contributed by atoms with E-state index in [1.165, 1.54) is 12.1 Å². The quantitative estimate of drug-likeness (QED) is 0.607. The zero-order valence-electron chi connectivity index (χ0n) is 16.4. The molecule has 1 aromatic carbocycles. The molecule has 0 aliphatic carbocycles. The number of halogens is 3. The minimum Gasteiger partial charge on any atom is -0.484 e. The maximum Gasteiger partial charge on any atom is 0.422 e.